The van der Waals surface area contributed by atoms with Crippen molar-refractivity contribution < 1.29 is 46.6 Å². The fourth-order valence-corrected chi connectivity index (χ4v) is 5.99. The molecule has 2 aromatic rings. The molecule has 0 saturated carbocycles. The Morgan fingerprint density at radius 1 is 1.18 bits per heavy atom. The highest BCUT2D eigenvalue weighted by atomic mass is 31.2. The Morgan fingerprint density at radius 3 is 2.36 bits per heavy atom. The summed E-state index contributed by atoms with van der Waals surface area (Å²) >= 11 is 0. The minimum atomic E-state index is -4.39. The number of alkyl halides is 1. The Hall–Kier alpha value is -3.87. The molecule has 2 aromatic carbocycles. The largest absolute Gasteiger partial charge is 0.462 e. The van der Waals surface area contributed by atoms with E-state index in [-0.39, 0.29) is 17.4 Å². The standard InChI is InChI=1S/C31H36F2N3O8P/c1-19(2)42-29(39)20(3)35-45(40,44-25-14-10-23(11-15-25)7-6-22-8-12-24(32)13-9-22)41-18-26-28(38)31(5,33)30(43-26)36-17-16-27(37)34-21(36)4/h6-17,19-20,26,28,30,38H,4,18H2,1-3,5H3,(H,34,37)(H,35,40)/b7-6+/t20-,26+,28+,30+,31+,45?/m0/s1. The molecule has 6 atom stereocenters. The molecular weight excluding hydrogens is 611 g/mol. The number of hydrogen-bond acceptors (Lipinski definition) is 9. The number of halogens is 2. The molecule has 242 valence electrons. The van der Waals surface area contributed by atoms with Gasteiger partial charge in [0.05, 0.1) is 12.7 Å². The van der Waals surface area contributed by atoms with Gasteiger partial charge in [0.25, 0.3) is 5.91 Å². The topological polar surface area (TPSA) is 136 Å². The Labute approximate surface area is 260 Å². The van der Waals surface area contributed by atoms with Gasteiger partial charge in [-0.1, -0.05) is 43.0 Å². The van der Waals surface area contributed by atoms with Gasteiger partial charge in [-0.3, -0.25) is 14.1 Å². The van der Waals surface area contributed by atoms with E-state index >= 15 is 4.39 Å². The predicted octanol–water partition coefficient (Wildman–Crippen LogP) is 4.66. The monoisotopic (exact) mass is 647 g/mol. The van der Waals surface area contributed by atoms with Gasteiger partial charge in [0.1, 0.15) is 35.6 Å². The highest BCUT2D eigenvalue weighted by Crippen LogP contribution is 2.47. The number of aliphatic hydroxyl groups excluding tert-OH is 1. The first kappa shape index (κ1) is 34.0. The number of aliphatic hydroxyl groups is 1. The molecule has 2 aliphatic heterocycles. The van der Waals surface area contributed by atoms with Crippen molar-refractivity contribution in [2.45, 2.75) is 63.9 Å². The number of hydrogen-bond donors (Lipinski definition) is 3. The van der Waals surface area contributed by atoms with Crippen LogP contribution in [0.3, 0.4) is 0 Å². The van der Waals surface area contributed by atoms with Crippen molar-refractivity contribution >= 4 is 31.8 Å². The number of amides is 1. The van der Waals surface area contributed by atoms with Crippen molar-refractivity contribution in [1.29, 1.82) is 0 Å². The van der Waals surface area contributed by atoms with Crippen LogP contribution in [0.15, 0.2) is 73.2 Å². The summed E-state index contributed by atoms with van der Waals surface area (Å²) in [4.78, 5) is 25.3. The van der Waals surface area contributed by atoms with Crippen molar-refractivity contribution in [3.8, 4) is 5.75 Å². The summed E-state index contributed by atoms with van der Waals surface area (Å²) in [5.74, 6) is -1.37. The van der Waals surface area contributed by atoms with Gasteiger partial charge < -0.3 is 29.3 Å². The molecule has 0 spiro atoms. The first-order valence-corrected chi connectivity index (χ1v) is 15.7. The van der Waals surface area contributed by atoms with Crippen molar-refractivity contribution in [2.24, 2.45) is 0 Å². The van der Waals surface area contributed by atoms with Crippen LogP contribution >= 0.6 is 7.75 Å². The molecule has 1 saturated heterocycles. The van der Waals surface area contributed by atoms with Gasteiger partial charge in [0, 0.05) is 12.3 Å². The number of carbonyl (C=O) groups is 2. The Bertz CT molecular complexity index is 1500. The van der Waals surface area contributed by atoms with Crippen LogP contribution in [0.25, 0.3) is 12.2 Å². The molecule has 4 rings (SSSR count). The number of nitrogens with zero attached hydrogens (tertiary/aromatic N) is 1. The number of esters is 1. The zero-order valence-corrected chi connectivity index (χ0v) is 26.1. The Morgan fingerprint density at radius 2 is 1.78 bits per heavy atom. The molecule has 1 amide bonds. The summed E-state index contributed by atoms with van der Waals surface area (Å²) in [6.07, 6.45) is 1.07. The number of rotatable bonds is 12. The SMILES string of the molecule is C=C1NC(=O)C=CN1[C@@H]1O[C@H](COP(=O)(N[C@@H](C)C(=O)OC(C)C)Oc2ccc(/C=C/c3ccc(F)cc3)cc2)[C@@H](O)[C@@]1(C)F. The molecule has 45 heavy (non-hydrogen) atoms. The van der Waals surface area contributed by atoms with Gasteiger partial charge in [-0.25, -0.2) is 13.3 Å². The maximum Gasteiger partial charge on any atom is 0.459 e. The number of carbonyl (C=O) groups excluding carboxylic acids is 2. The Kier molecular flexibility index (Phi) is 10.6. The summed E-state index contributed by atoms with van der Waals surface area (Å²) in [5.41, 5.74) is -0.827. The van der Waals surface area contributed by atoms with Crippen LogP contribution in [0.4, 0.5) is 8.78 Å². The second-order valence-corrected chi connectivity index (χ2v) is 12.7. The van der Waals surface area contributed by atoms with Gasteiger partial charge in [-0.2, -0.15) is 5.09 Å². The highest BCUT2D eigenvalue weighted by Gasteiger charge is 2.57. The van der Waals surface area contributed by atoms with E-state index in [9.17, 15) is 23.7 Å². The smallest absolute Gasteiger partial charge is 0.459 e. The summed E-state index contributed by atoms with van der Waals surface area (Å²) in [6, 6.07) is 11.2. The molecule has 11 nitrogen and oxygen atoms in total. The molecule has 2 heterocycles. The van der Waals surface area contributed by atoms with Gasteiger partial charge in [0.15, 0.2) is 11.9 Å². The molecular formula is C31H36F2N3O8P. The van der Waals surface area contributed by atoms with E-state index in [0.29, 0.717) is 0 Å². The van der Waals surface area contributed by atoms with Gasteiger partial charge in [-0.05, 0) is 63.1 Å². The maximum atomic E-state index is 15.7. The number of ether oxygens (including phenoxy) is 2. The van der Waals surface area contributed by atoms with E-state index in [1.807, 2.05) is 0 Å². The zero-order valence-electron chi connectivity index (χ0n) is 25.2. The fraction of sp³-hybridized carbons (Fsp3) is 0.355. The number of benzene rings is 2. The van der Waals surface area contributed by atoms with E-state index < -0.39 is 62.5 Å². The molecule has 1 fully saturated rings. The summed E-state index contributed by atoms with van der Waals surface area (Å²) in [6.45, 7) is 8.92. The van der Waals surface area contributed by atoms with Crippen molar-refractivity contribution in [2.75, 3.05) is 6.61 Å². The summed E-state index contributed by atoms with van der Waals surface area (Å²) < 4.78 is 65.2. The first-order chi connectivity index (χ1) is 21.2. The van der Waals surface area contributed by atoms with Crippen molar-refractivity contribution in [1.82, 2.24) is 15.3 Å². The van der Waals surface area contributed by atoms with Crippen LogP contribution in [0.1, 0.15) is 38.8 Å². The molecule has 3 N–H and O–H groups in total. The Balaban J connectivity index is 1.49. The minimum absolute atomic E-state index is 0.0364. The van der Waals surface area contributed by atoms with E-state index in [0.717, 1.165) is 24.1 Å². The average Bonchev–Trinajstić information content (AvgIpc) is 3.19. The van der Waals surface area contributed by atoms with Crippen molar-refractivity contribution in [3.63, 3.8) is 0 Å². The van der Waals surface area contributed by atoms with Crippen LogP contribution in [-0.2, 0) is 28.2 Å². The lowest BCUT2D eigenvalue weighted by Crippen LogP contribution is -2.51. The van der Waals surface area contributed by atoms with Gasteiger partial charge >= 0.3 is 13.7 Å². The third kappa shape index (κ3) is 8.65. The van der Waals surface area contributed by atoms with Crippen molar-refractivity contribution in [3.05, 3.63) is 90.2 Å². The normalized spacial score (nSPS) is 25.3. The highest BCUT2D eigenvalue weighted by molar-refractivity contribution is 7.52. The molecule has 1 unspecified atom stereocenters. The van der Waals surface area contributed by atoms with E-state index in [1.165, 1.54) is 42.3 Å². The quantitative estimate of drug-likeness (QED) is 0.170. The lowest BCUT2D eigenvalue weighted by molar-refractivity contribution is -0.149. The van der Waals surface area contributed by atoms with E-state index in [1.54, 1.807) is 50.3 Å². The third-order valence-electron chi connectivity index (χ3n) is 6.85. The zero-order chi connectivity index (χ0) is 32.9. The van der Waals surface area contributed by atoms with Gasteiger partial charge in [-0.15, -0.1) is 0 Å². The molecule has 14 heteroatoms. The summed E-state index contributed by atoms with van der Waals surface area (Å²) in [5, 5.41) is 15.8. The number of nitrogens with one attached hydrogen (secondary N) is 2. The second kappa shape index (κ2) is 14.1. The van der Waals surface area contributed by atoms with Gasteiger partial charge in [0.2, 0.25) is 0 Å². The molecule has 0 bridgehead atoms. The maximum absolute atomic E-state index is 15.7. The van der Waals surface area contributed by atoms with Crippen LogP contribution in [-0.4, -0.2) is 64.7 Å². The molecule has 0 aromatic heterocycles. The third-order valence-corrected chi connectivity index (χ3v) is 8.49. The summed E-state index contributed by atoms with van der Waals surface area (Å²) in [7, 11) is -4.39. The minimum Gasteiger partial charge on any atom is -0.462 e. The predicted molar refractivity (Wildman–Crippen MR) is 162 cm³/mol. The first-order valence-electron chi connectivity index (χ1n) is 14.1. The second-order valence-electron chi connectivity index (χ2n) is 11.0. The lowest BCUT2D eigenvalue weighted by atomic mass is 9.98. The van der Waals surface area contributed by atoms with Crippen LogP contribution < -0.4 is 14.9 Å². The molecule has 0 radical (unpaired) electrons. The molecule has 2 aliphatic rings. The van der Waals surface area contributed by atoms with Crippen LogP contribution in [0, 0.1) is 5.82 Å². The molecule has 0 aliphatic carbocycles. The average molecular weight is 648 g/mol. The fourth-order valence-electron chi connectivity index (χ4n) is 4.49. The van der Waals surface area contributed by atoms with E-state index in [4.69, 9.17) is 18.5 Å². The van der Waals surface area contributed by atoms with Crippen LogP contribution in [0.2, 0.25) is 0 Å². The lowest BCUT2D eigenvalue weighted by Gasteiger charge is -2.35. The van der Waals surface area contributed by atoms with Crippen LogP contribution in [0.5, 0.6) is 5.75 Å². The van der Waals surface area contributed by atoms with E-state index in [2.05, 4.69) is 17.0 Å².